The van der Waals surface area contributed by atoms with Crippen LogP contribution in [-0.2, 0) is 30.1 Å². The molecule has 0 bridgehead atoms. The van der Waals surface area contributed by atoms with Crippen molar-refractivity contribution >= 4 is 0 Å². The van der Waals surface area contributed by atoms with E-state index in [1.165, 1.54) is 20.3 Å². The molecule has 3 fully saturated rings. The standard InChI is InChI=1S/C38H54O21/c1-51-20-10-16(33-18(11-40)17-8-15(4-3-7-39)9-21(52-2)34(17)58-33)5-6-19(20)54-38-35(59-37-32(50)29(47)26(44)23(13-42)56-37)30(48)27(45)24(57-38)14-53-36-31(49)28(46)25(43)22(12-41)55-36/h5-6,8-10,18,22-33,35-50H,3-4,7,11-14H2,1-2H3/t18-,22-,23-,24-,25-,26-,27-,28+,29+,30+,31-,32-,33+,35-,36-,37+,38-/m1/s1. The third kappa shape index (κ3) is 9.27. The van der Waals surface area contributed by atoms with E-state index in [-0.39, 0.29) is 24.7 Å². The molecule has 21 heteroatoms. The highest BCUT2D eigenvalue weighted by molar-refractivity contribution is 5.56. The lowest BCUT2D eigenvalue weighted by molar-refractivity contribution is -0.363. The van der Waals surface area contributed by atoms with Crippen molar-refractivity contribution in [2.24, 2.45) is 0 Å². The van der Waals surface area contributed by atoms with Crippen molar-refractivity contribution in [1.82, 2.24) is 0 Å². The van der Waals surface area contributed by atoms with E-state index in [0.29, 0.717) is 35.5 Å². The van der Waals surface area contributed by atoms with Gasteiger partial charge < -0.3 is 104 Å². The van der Waals surface area contributed by atoms with Gasteiger partial charge in [0, 0.05) is 12.2 Å². The van der Waals surface area contributed by atoms with Crippen LogP contribution in [0.2, 0.25) is 0 Å². The summed E-state index contributed by atoms with van der Waals surface area (Å²) < 4.78 is 52.2. The number of benzene rings is 2. The highest BCUT2D eigenvalue weighted by Gasteiger charge is 2.53. The number of hydrogen-bond donors (Lipinski definition) is 12. The van der Waals surface area contributed by atoms with Gasteiger partial charge in [-0.05, 0) is 42.2 Å². The van der Waals surface area contributed by atoms with Crippen molar-refractivity contribution in [1.29, 1.82) is 0 Å². The normalized spacial score (nSPS) is 38.4. The third-order valence-electron chi connectivity index (χ3n) is 11.0. The Labute approximate surface area is 338 Å². The summed E-state index contributed by atoms with van der Waals surface area (Å²) >= 11 is 0. The molecule has 17 atom stereocenters. The quantitative estimate of drug-likeness (QED) is 0.0760. The van der Waals surface area contributed by atoms with E-state index in [1.54, 1.807) is 12.1 Å². The first kappa shape index (κ1) is 45.5. The number of fused-ring (bicyclic) bond motifs is 1. The maximum Gasteiger partial charge on any atom is 0.229 e. The van der Waals surface area contributed by atoms with E-state index in [4.69, 9.17) is 42.6 Å². The van der Waals surface area contributed by atoms with E-state index in [9.17, 15) is 61.3 Å². The Hall–Kier alpha value is -3.04. The van der Waals surface area contributed by atoms with Gasteiger partial charge in [0.15, 0.2) is 41.7 Å². The van der Waals surface area contributed by atoms with Crippen LogP contribution in [0.5, 0.6) is 23.0 Å². The summed E-state index contributed by atoms with van der Waals surface area (Å²) in [5, 5.41) is 124. The molecule has 2 aromatic carbocycles. The molecule has 332 valence electrons. The zero-order valence-corrected chi connectivity index (χ0v) is 32.2. The minimum atomic E-state index is -1.93. The molecule has 21 nitrogen and oxygen atoms in total. The van der Waals surface area contributed by atoms with Gasteiger partial charge in [0.2, 0.25) is 6.29 Å². The molecule has 3 saturated heterocycles. The van der Waals surface area contributed by atoms with Crippen molar-refractivity contribution in [3.63, 3.8) is 0 Å². The molecule has 2 aromatic rings. The third-order valence-corrected chi connectivity index (χ3v) is 11.0. The van der Waals surface area contributed by atoms with Crippen LogP contribution in [0.4, 0.5) is 0 Å². The molecular weight excluding hydrogens is 792 g/mol. The topological polar surface area (TPSA) is 326 Å². The van der Waals surface area contributed by atoms with Crippen LogP contribution >= 0.6 is 0 Å². The van der Waals surface area contributed by atoms with E-state index in [1.807, 2.05) is 12.1 Å². The van der Waals surface area contributed by atoms with Gasteiger partial charge in [0.05, 0.1) is 46.6 Å². The van der Waals surface area contributed by atoms with Gasteiger partial charge in [-0.25, -0.2) is 0 Å². The molecule has 4 aliphatic heterocycles. The van der Waals surface area contributed by atoms with Crippen LogP contribution in [0.25, 0.3) is 0 Å². The van der Waals surface area contributed by atoms with E-state index >= 15 is 0 Å². The first-order valence-electron chi connectivity index (χ1n) is 19.1. The summed E-state index contributed by atoms with van der Waals surface area (Å²) in [6.07, 6.45) is -25.3. The number of methoxy groups -OCH3 is 2. The first-order valence-corrected chi connectivity index (χ1v) is 19.1. The second-order valence-electron chi connectivity index (χ2n) is 14.8. The van der Waals surface area contributed by atoms with Crippen LogP contribution in [0, 0.1) is 0 Å². The lowest BCUT2D eigenvalue weighted by atomic mass is 9.90. The maximum absolute atomic E-state index is 11.5. The molecule has 0 aromatic heterocycles. The minimum Gasteiger partial charge on any atom is -0.493 e. The van der Waals surface area contributed by atoms with E-state index in [0.717, 1.165) is 5.56 Å². The number of aliphatic hydroxyl groups excluding tert-OH is 12. The number of rotatable bonds is 16. The summed E-state index contributed by atoms with van der Waals surface area (Å²) in [5.41, 5.74) is 2.14. The van der Waals surface area contributed by atoms with Crippen molar-refractivity contribution < 1.29 is 104 Å². The molecule has 0 unspecified atom stereocenters. The van der Waals surface area contributed by atoms with Crippen molar-refractivity contribution in [3.05, 3.63) is 47.0 Å². The number of ether oxygens (including phenoxy) is 9. The van der Waals surface area contributed by atoms with Crippen molar-refractivity contribution in [2.75, 3.05) is 47.3 Å². The van der Waals surface area contributed by atoms with Gasteiger partial charge in [0.1, 0.15) is 73.2 Å². The SMILES string of the molecule is COc1cc([C@@H]2Oc3c(OC)cc(CCCO)cc3[C@H]2CO)ccc1O[C@@H]1O[C@H](CO[C@@H]2O[C@H](CO)[C@@H](O)[C@H](O)[C@H]2O)[C@@H](O)[C@H](O)[C@H]1O[C@@H]1O[C@H](CO)[C@@H](O)[C@H](O)[C@H]1O. The molecule has 0 aliphatic carbocycles. The predicted octanol–water partition coefficient (Wildman–Crippen LogP) is -4.33. The molecule has 0 amide bonds. The Balaban J connectivity index is 1.27. The average molecular weight is 847 g/mol. The summed E-state index contributed by atoms with van der Waals surface area (Å²) in [6.45, 7) is -2.47. The molecule has 0 spiro atoms. The number of hydrogen-bond acceptors (Lipinski definition) is 21. The first-order chi connectivity index (χ1) is 28.3. The molecule has 4 heterocycles. The van der Waals surface area contributed by atoms with Gasteiger partial charge in [-0.1, -0.05) is 12.1 Å². The molecule has 0 radical (unpaired) electrons. The lowest BCUT2D eigenvalue weighted by Gasteiger charge is -2.46. The maximum atomic E-state index is 11.5. The zero-order valence-electron chi connectivity index (χ0n) is 32.2. The molecule has 4 aliphatic rings. The van der Waals surface area contributed by atoms with Crippen LogP contribution in [0.1, 0.15) is 35.1 Å². The second kappa shape index (κ2) is 19.8. The van der Waals surface area contributed by atoms with Crippen molar-refractivity contribution in [3.8, 4) is 23.0 Å². The van der Waals surface area contributed by atoms with Gasteiger partial charge in [0.25, 0.3) is 0 Å². The van der Waals surface area contributed by atoms with Crippen LogP contribution in [0.15, 0.2) is 30.3 Å². The Morgan fingerprint density at radius 3 is 1.81 bits per heavy atom. The van der Waals surface area contributed by atoms with Gasteiger partial charge in [-0.2, -0.15) is 0 Å². The second-order valence-corrected chi connectivity index (χ2v) is 14.8. The number of aryl methyl sites for hydroxylation is 1. The Kier molecular flexibility index (Phi) is 15.2. The zero-order chi connectivity index (χ0) is 42.7. The highest BCUT2D eigenvalue weighted by Crippen LogP contribution is 2.51. The lowest BCUT2D eigenvalue weighted by Crippen LogP contribution is -2.65. The fourth-order valence-electron chi connectivity index (χ4n) is 7.63. The predicted molar refractivity (Wildman–Crippen MR) is 194 cm³/mol. The summed E-state index contributed by atoms with van der Waals surface area (Å²) in [7, 11) is 2.84. The van der Waals surface area contributed by atoms with E-state index in [2.05, 4.69) is 0 Å². The largest absolute Gasteiger partial charge is 0.493 e. The summed E-state index contributed by atoms with van der Waals surface area (Å²) in [5.74, 6) is 0.439. The molecule has 6 rings (SSSR count). The molecule has 0 saturated carbocycles. The number of aliphatic hydroxyl groups is 12. The average Bonchev–Trinajstić information content (AvgIpc) is 3.62. The fraction of sp³-hybridized carbons (Fsp3) is 0.684. The van der Waals surface area contributed by atoms with Gasteiger partial charge in [-0.3, -0.25) is 0 Å². The Morgan fingerprint density at radius 2 is 1.20 bits per heavy atom. The van der Waals surface area contributed by atoms with Crippen LogP contribution < -0.4 is 18.9 Å². The van der Waals surface area contributed by atoms with Crippen LogP contribution in [0.3, 0.4) is 0 Å². The monoisotopic (exact) mass is 846 g/mol. The van der Waals surface area contributed by atoms with Crippen LogP contribution in [-0.4, -0.2) is 201 Å². The Bertz CT molecular complexity index is 1660. The minimum absolute atomic E-state index is 0.00118. The highest BCUT2D eigenvalue weighted by atomic mass is 16.8. The fourth-order valence-corrected chi connectivity index (χ4v) is 7.63. The molecular formula is C38H54O21. The molecule has 59 heavy (non-hydrogen) atoms. The van der Waals surface area contributed by atoms with Gasteiger partial charge in [-0.15, -0.1) is 0 Å². The summed E-state index contributed by atoms with van der Waals surface area (Å²) in [6, 6.07) is 8.39. The summed E-state index contributed by atoms with van der Waals surface area (Å²) in [4.78, 5) is 0. The van der Waals surface area contributed by atoms with E-state index < -0.39 is 124 Å². The smallest absolute Gasteiger partial charge is 0.229 e. The molecule has 12 N–H and O–H groups in total. The Morgan fingerprint density at radius 1 is 0.593 bits per heavy atom. The van der Waals surface area contributed by atoms with Crippen molar-refractivity contribution in [2.45, 2.75) is 117 Å². The van der Waals surface area contributed by atoms with Gasteiger partial charge >= 0.3 is 0 Å².